The number of rotatable bonds is 3. The summed E-state index contributed by atoms with van der Waals surface area (Å²) in [6, 6.07) is 16.5. The number of carbonyl (C=O) groups is 2. The monoisotopic (exact) mass is 380 g/mol. The molecule has 27 heavy (non-hydrogen) atoms. The van der Waals surface area contributed by atoms with Crippen LogP contribution in [0.1, 0.15) is 48.5 Å². The van der Waals surface area contributed by atoms with E-state index in [2.05, 4.69) is 13.8 Å². The molecule has 0 N–H and O–H groups in total. The molecular formula is C23H21ClO3. The predicted octanol–water partition coefficient (Wildman–Crippen LogP) is 5.35. The number of ketones is 2. The lowest BCUT2D eigenvalue weighted by molar-refractivity contribution is -0.118. The van der Waals surface area contributed by atoms with E-state index in [4.69, 9.17) is 16.3 Å². The van der Waals surface area contributed by atoms with Crippen molar-refractivity contribution in [1.82, 2.24) is 0 Å². The Hall–Kier alpha value is -2.39. The number of Topliss-reactive ketones (excluding diaryl/α,β-unsaturated/α-hetero) is 2. The Balaban J connectivity index is 1.77. The highest BCUT2D eigenvalue weighted by molar-refractivity contribution is 6.30. The third-order valence-electron chi connectivity index (χ3n) is 5.31. The molecule has 0 bridgehead atoms. The van der Waals surface area contributed by atoms with E-state index in [-0.39, 0.29) is 22.9 Å². The molecular weight excluding hydrogens is 360 g/mol. The van der Waals surface area contributed by atoms with Gasteiger partial charge < -0.3 is 4.74 Å². The average molecular weight is 381 g/mol. The Bertz CT molecular complexity index is 926. The van der Waals surface area contributed by atoms with Crippen LogP contribution in [-0.4, -0.2) is 17.7 Å². The Labute approximate surface area is 164 Å². The van der Waals surface area contributed by atoms with Crippen LogP contribution in [-0.2, 0) is 9.53 Å². The number of benzene rings is 2. The van der Waals surface area contributed by atoms with Gasteiger partial charge in [0.1, 0.15) is 5.76 Å². The first-order chi connectivity index (χ1) is 12.9. The van der Waals surface area contributed by atoms with Gasteiger partial charge in [-0.05, 0) is 35.2 Å². The van der Waals surface area contributed by atoms with E-state index >= 15 is 0 Å². The highest BCUT2D eigenvalue weighted by atomic mass is 35.5. The van der Waals surface area contributed by atoms with Gasteiger partial charge in [-0.3, -0.25) is 9.59 Å². The van der Waals surface area contributed by atoms with Gasteiger partial charge in [-0.15, -0.1) is 0 Å². The number of allylic oxidation sites excluding steroid dienone is 1. The van der Waals surface area contributed by atoms with Crippen LogP contribution in [0, 0.1) is 5.41 Å². The molecule has 3 nitrogen and oxygen atoms in total. The summed E-state index contributed by atoms with van der Waals surface area (Å²) in [7, 11) is 0. The van der Waals surface area contributed by atoms with Crippen molar-refractivity contribution in [3.63, 3.8) is 0 Å². The molecule has 2 atom stereocenters. The minimum Gasteiger partial charge on any atom is -0.485 e. The second-order valence-electron chi connectivity index (χ2n) is 8.08. The summed E-state index contributed by atoms with van der Waals surface area (Å²) in [5, 5.41) is 0.577. The zero-order chi connectivity index (χ0) is 19.2. The minimum absolute atomic E-state index is 0.0847. The lowest BCUT2D eigenvalue weighted by Crippen LogP contribution is -2.29. The van der Waals surface area contributed by atoms with Gasteiger partial charge in [-0.2, -0.15) is 0 Å². The molecule has 1 aliphatic heterocycles. The predicted molar refractivity (Wildman–Crippen MR) is 105 cm³/mol. The van der Waals surface area contributed by atoms with E-state index in [0.717, 1.165) is 5.56 Å². The van der Waals surface area contributed by atoms with Crippen molar-refractivity contribution >= 4 is 23.2 Å². The van der Waals surface area contributed by atoms with Crippen LogP contribution in [0.2, 0.25) is 5.02 Å². The topological polar surface area (TPSA) is 43.4 Å². The number of ether oxygens (including phenoxy) is 1. The number of hydrogen-bond donors (Lipinski definition) is 0. The van der Waals surface area contributed by atoms with Crippen LogP contribution >= 0.6 is 11.6 Å². The van der Waals surface area contributed by atoms with Crippen molar-refractivity contribution in [3.05, 3.63) is 82.1 Å². The van der Waals surface area contributed by atoms with Crippen LogP contribution in [0.15, 0.2) is 65.9 Å². The van der Waals surface area contributed by atoms with E-state index in [1.54, 1.807) is 24.3 Å². The molecule has 2 aromatic carbocycles. The molecule has 0 radical (unpaired) electrons. The summed E-state index contributed by atoms with van der Waals surface area (Å²) in [5.74, 6) is 0.271. The first kappa shape index (κ1) is 18.0. The molecule has 0 amide bonds. The molecule has 1 heterocycles. The third kappa shape index (κ3) is 3.32. The molecule has 0 unspecified atom stereocenters. The molecule has 0 fully saturated rings. The van der Waals surface area contributed by atoms with Crippen molar-refractivity contribution in [3.8, 4) is 0 Å². The number of hydrogen-bond acceptors (Lipinski definition) is 3. The fourth-order valence-corrected chi connectivity index (χ4v) is 4.21. The molecule has 0 saturated carbocycles. The SMILES string of the molecule is CC1(C)CC(=O)C2=C(C1)O[C@@H](C(=O)c1ccc(Cl)cc1)[C@@H]2c1ccccc1. The average Bonchev–Trinajstić information content (AvgIpc) is 3.01. The maximum Gasteiger partial charge on any atom is 0.204 e. The molecule has 138 valence electrons. The maximum absolute atomic E-state index is 13.2. The Morgan fingerprint density at radius 3 is 2.37 bits per heavy atom. The second-order valence-corrected chi connectivity index (χ2v) is 8.51. The quantitative estimate of drug-likeness (QED) is 0.674. The lowest BCUT2D eigenvalue weighted by Gasteiger charge is -2.29. The summed E-state index contributed by atoms with van der Waals surface area (Å²) in [6.07, 6.45) is 0.416. The molecule has 0 aromatic heterocycles. The van der Waals surface area contributed by atoms with Gasteiger partial charge in [0.15, 0.2) is 11.9 Å². The zero-order valence-electron chi connectivity index (χ0n) is 15.4. The largest absolute Gasteiger partial charge is 0.485 e. The Kier molecular flexibility index (Phi) is 4.43. The lowest BCUT2D eigenvalue weighted by atomic mass is 9.72. The minimum atomic E-state index is -0.726. The summed E-state index contributed by atoms with van der Waals surface area (Å²) in [6.45, 7) is 4.12. The Morgan fingerprint density at radius 2 is 1.70 bits per heavy atom. The summed E-state index contributed by atoms with van der Waals surface area (Å²) >= 11 is 5.96. The van der Waals surface area contributed by atoms with Crippen molar-refractivity contribution < 1.29 is 14.3 Å². The van der Waals surface area contributed by atoms with E-state index in [0.29, 0.717) is 34.8 Å². The highest BCUT2D eigenvalue weighted by Gasteiger charge is 2.48. The highest BCUT2D eigenvalue weighted by Crippen LogP contribution is 2.49. The first-order valence-electron chi connectivity index (χ1n) is 9.13. The molecule has 4 heteroatoms. The van der Waals surface area contributed by atoms with Gasteiger partial charge in [0.25, 0.3) is 0 Å². The molecule has 2 aromatic rings. The molecule has 0 spiro atoms. The first-order valence-corrected chi connectivity index (χ1v) is 9.51. The van der Waals surface area contributed by atoms with Crippen molar-refractivity contribution in [1.29, 1.82) is 0 Å². The van der Waals surface area contributed by atoms with Gasteiger partial charge in [0.2, 0.25) is 5.78 Å². The number of carbonyl (C=O) groups excluding carboxylic acids is 2. The van der Waals surface area contributed by atoms with Gasteiger partial charge in [-0.25, -0.2) is 0 Å². The maximum atomic E-state index is 13.2. The van der Waals surface area contributed by atoms with E-state index in [1.807, 2.05) is 30.3 Å². The third-order valence-corrected chi connectivity index (χ3v) is 5.56. The molecule has 2 aliphatic rings. The fraction of sp³-hybridized carbons (Fsp3) is 0.304. The standard InChI is InChI=1S/C23H21ClO3/c1-23(2)12-17(25)20-18(13-23)27-22(19(20)14-6-4-3-5-7-14)21(26)15-8-10-16(24)11-9-15/h3-11,19,22H,12-13H2,1-2H3/t19-,22-/m1/s1. The normalized spacial score (nSPS) is 23.7. The summed E-state index contributed by atoms with van der Waals surface area (Å²) in [5.41, 5.74) is 1.99. The van der Waals surface area contributed by atoms with E-state index in [1.165, 1.54) is 0 Å². The van der Waals surface area contributed by atoms with Crippen molar-refractivity contribution in [2.45, 2.75) is 38.7 Å². The van der Waals surface area contributed by atoms with Crippen molar-refractivity contribution in [2.75, 3.05) is 0 Å². The van der Waals surface area contributed by atoms with Crippen LogP contribution in [0.25, 0.3) is 0 Å². The van der Waals surface area contributed by atoms with Crippen LogP contribution < -0.4 is 0 Å². The zero-order valence-corrected chi connectivity index (χ0v) is 16.1. The van der Waals surface area contributed by atoms with E-state index < -0.39 is 6.10 Å². The smallest absolute Gasteiger partial charge is 0.204 e. The van der Waals surface area contributed by atoms with Gasteiger partial charge in [-0.1, -0.05) is 55.8 Å². The van der Waals surface area contributed by atoms with Crippen LogP contribution in [0.5, 0.6) is 0 Å². The van der Waals surface area contributed by atoms with Gasteiger partial charge in [0, 0.05) is 29.0 Å². The molecule has 1 aliphatic carbocycles. The molecule has 4 rings (SSSR count). The van der Waals surface area contributed by atoms with Crippen LogP contribution in [0.4, 0.5) is 0 Å². The fourth-order valence-electron chi connectivity index (χ4n) is 4.09. The van der Waals surface area contributed by atoms with Gasteiger partial charge in [0.05, 0.1) is 5.92 Å². The van der Waals surface area contributed by atoms with E-state index in [9.17, 15) is 9.59 Å². The summed E-state index contributed by atoms with van der Waals surface area (Å²) < 4.78 is 6.16. The van der Waals surface area contributed by atoms with Crippen molar-refractivity contribution in [2.24, 2.45) is 5.41 Å². The van der Waals surface area contributed by atoms with Crippen LogP contribution in [0.3, 0.4) is 0 Å². The Morgan fingerprint density at radius 1 is 1.04 bits per heavy atom. The molecule has 0 saturated heterocycles. The summed E-state index contributed by atoms with van der Waals surface area (Å²) in [4.78, 5) is 26.2. The second kappa shape index (κ2) is 6.65. The number of halogens is 1. The van der Waals surface area contributed by atoms with Gasteiger partial charge >= 0.3 is 0 Å².